The molecule has 1 fully saturated rings. The fourth-order valence-corrected chi connectivity index (χ4v) is 1.83. The van der Waals surface area contributed by atoms with Crippen molar-refractivity contribution in [3.8, 4) is 0 Å². The quantitative estimate of drug-likeness (QED) is 0.672. The number of nitrogens with zero attached hydrogens (tertiary/aromatic N) is 1. The highest BCUT2D eigenvalue weighted by Gasteiger charge is 2.35. The van der Waals surface area contributed by atoms with E-state index in [0.29, 0.717) is 0 Å². The van der Waals surface area contributed by atoms with Crippen molar-refractivity contribution in [2.45, 2.75) is 37.3 Å². The van der Waals surface area contributed by atoms with Crippen LogP contribution in [0.3, 0.4) is 0 Å². The lowest BCUT2D eigenvalue weighted by atomic mass is 9.80. The highest BCUT2D eigenvalue weighted by molar-refractivity contribution is 5.08. The van der Waals surface area contributed by atoms with Crippen LogP contribution in [0.5, 0.6) is 0 Å². The monoisotopic (exact) mass is 182 g/mol. The Morgan fingerprint density at radius 1 is 1.54 bits per heavy atom. The lowest BCUT2D eigenvalue weighted by Crippen LogP contribution is -2.41. The summed E-state index contributed by atoms with van der Waals surface area (Å²) in [7, 11) is 0. The first-order valence-corrected chi connectivity index (χ1v) is 4.57. The second-order valence-corrected chi connectivity index (χ2v) is 3.75. The van der Waals surface area contributed by atoms with Gasteiger partial charge >= 0.3 is 0 Å². The Morgan fingerprint density at radius 3 is 2.77 bits per heavy atom. The maximum Gasteiger partial charge on any atom is 0.180 e. The van der Waals surface area contributed by atoms with Crippen molar-refractivity contribution in [2.75, 3.05) is 0 Å². The SMILES string of the molecule is NC1(c2cnco2)CCC(O)CC1. The van der Waals surface area contributed by atoms with E-state index in [0.717, 1.165) is 31.4 Å². The molecule has 1 aromatic heterocycles. The molecule has 3 N–H and O–H groups in total. The van der Waals surface area contributed by atoms with Gasteiger partial charge in [0, 0.05) is 0 Å². The molecule has 0 spiro atoms. The fraction of sp³-hybridized carbons (Fsp3) is 0.667. The van der Waals surface area contributed by atoms with E-state index in [4.69, 9.17) is 10.2 Å². The molecule has 4 heteroatoms. The van der Waals surface area contributed by atoms with Gasteiger partial charge in [-0.15, -0.1) is 0 Å². The van der Waals surface area contributed by atoms with Gasteiger partial charge in [0.15, 0.2) is 6.39 Å². The van der Waals surface area contributed by atoms with Gasteiger partial charge in [-0.2, -0.15) is 0 Å². The zero-order valence-electron chi connectivity index (χ0n) is 7.44. The van der Waals surface area contributed by atoms with Gasteiger partial charge in [-0.05, 0) is 25.7 Å². The van der Waals surface area contributed by atoms with Crippen molar-refractivity contribution in [1.82, 2.24) is 4.98 Å². The summed E-state index contributed by atoms with van der Waals surface area (Å²) in [6, 6.07) is 0. The molecular weight excluding hydrogens is 168 g/mol. The molecule has 1 aliphatic rings. The number of aromatic nitrogens is 1. The molecule has 13 heavy (non-hydrogen) atoms. The van der Waals surface area contributed by atoms with Gasteiger partial charge in [-0.3, -0.25) is 0 Å². The number of aliphatic hydroxyl groups is 1. The zero-order chi connectivity index (χ0) is 9.31. The van der Waals surface area contributed by atoms with E-state index in [2.05, 4.69) is 4.98 Å². The summed E-state index contributed by atoms with van der Waals surface area (Å²) < 4.78 is 5.19. The number of oxazole rings is 1. The Kier molecular flexibility index (Phi) is 2.09. The second-order valence-electron chi connectivity index (χ2n) is 3.75. The Bertz CT molecular complexity index is 263. The molecule has 1 aliphatic carbocycles. The Balaban J connectivity index is 2.13. The average Bonchev–Trinajstić information content (AvgIpc) is 2.63. The average molecular weight is 182 g/mol. The summed E-state index contributed by atoms with van der Waals surface area (Å²) in [5.74, 6) is 0.736. The second kappa shape index (κ2) is 3.12. The van der Waals surface area contributed by atoms with Gasteiger partial charge in [0.05, 0.1) is 17.8 Å². The summed E-state index contributed by atoms with van der Waals surface area (Å²) in [5.41, 5.74) is 5.74. The van der Waals surface area contributed by atoms with Gasteiger partial charge in [0.25, 0.3) is 0 Å². The van der Waals surface area contributed by atoms with Crippen molar-refractivity contribution in [2.24, 2.45) is 5.73 Å². The molecule has 2 rings (SSSR count). The topological polar surface area (TPSA) is 72.3 Å². The summed E-state index contributed by atoms with van der Waals surface area (Å²) in [4.78, 5) is 3.85. The normalized spacial score (nSPS) is 34.8. The molecule has 72 valence electrons. The molecule has 0 radical (unpaired) electrons. The largest absolute Gasteiger partial charge is 0.447 e. The Morgan fingerprint density at radius 2 is 2.23 bits per heavy atom. The minimum atomic E-state index is -0.407. The smallest absolute Gasteiger partial charge is 0.180 e. The molecule has 0 aromatic carbocycles. The predicted octanol–water partition coefficient (Wildman–Crippen LogP) is 0.764. The van der Waals surface area contributed by atoms with Crippen LogP contribution in [0, 0.1) is 0 Å². The predicted molar refractivity (Wildman–Crippen MR) is 46.8 cm³/mol. The zero-order valence-corrected chi connectivity index (χ0v) is 7.44. The maximum absolute atomic E-state index is 9.34. The van der Waals surface area contributed by atoms with Crippen LogP contribution in [0.4, 0.5) is 0 Å². The third-order valence-corrected chi connectivity index (χ3v) is 2.77. The number of hydrogen-bond acceptors (Lipinski definition) is 4. The van der Waals surface area contributed by atoms with Crippen LogP contribution in [-0.4, -0.2) is 16.2 Å². The molecule has 0 saturated heterocycles. The van der Waals surface area contributed by atoms with E-state index >= 15 is 0 Å². The van der Waals surface area contributed by atoms with Crippen molar-refractivity contribution in [3.05, 3.63) is 18.4 Å². The van der Waals surface area contributed by atoms with Crippen molar-refractivity contribution < 1.29 is 9.52 Å². The van der Waals surface area contributed by atoms with Crippen LogP contribution in [0.1, 0.15) is 31.4 Å². The third-order valence-electron chi connectivity index (χ3n) is 2.77. The van der Waals surface area contributed by atoms with Crippen molar-refractivity contribution in [1.29, 1.82) is 0 Å². The molecule has 1 saturated carbocycles. The van der Waals surface area contributed by atoms with Crippen molar-refractivity contribution in [3.63, 3.8) is 0 Å². The van der Waals surface area contributed by atoms with Gasteiger partial charge in [0.2, 0.25) is 0 Å². The van der Waals surface area contributed by atoms with E-state index in [1.165, 1.54) is 6.39 Å². The minimum Gasteiger partial charge on any atom is -0.447 e. The van der Waals surface area contributed by atoms with E-state index in [1.54, 1.807) is 6.20 Å². The molecule has 1 heterocycles. The number of aliphatic hydroxyl groups excluding tert-OH is 1. The summed E-state index contributed by atoms with van der Waals surface area (Å²) in [6.07, 6.45) is 5.90. The highest BCUT2D eigenvalue weighted by atomic mass is 16.3. The molecule has 4 nitrogen and oxygen atoms in total. The molecular formula is C9H14N2O2. The lowest BCUT2D eigenvalue weighted by molar-refractivity contribution is 0.0894. The van der Waals surface area contributed by atoms with E-state index in [1.807, 2.05) is 0 Å². The summed E-state index contributed by atoms with van der Waals surface area (Å²) in [5, 5.41) is 9.34. The first kappa shape index (κ1) is 8.72. The summed E-state index contributed by atoms with van der Waals surface area (Å²) >= 11 is 0. The third kappa shape index (κ3) is 1.59. The first-order chi connectivity index (χ1) is 6.21. The fourth-order valence-electron chi connectivity index (χ4n) is 1.83. The van der Waals surface area contributed by atoms with Gasteiger partial charge in [-0.25, -0.2) is 4.98 Å². The standard InChI is InChI=1S/C9H14N2O2/c10-9(8-5-11-6-13-8)3-1-7(12)2-4-9/h5-7,12H,1-4,10H2. The van der Waals surface area contributed by atoms with E-state index in [-0.39, 0.29) is 6.10 Å². The molecule has 0 unspecified atom stereocenters. The lowest BCUT2D eigenvalue weighted by Gasteiger charge is -2.33. The highest BCUT2D eigenvalue weighted by Crippen LogP contribution is 2.34. The number of rotatable bonds is 1. The minimum absolute atomic E-state index is 0.195. The van der Waals surface area contributed by atoms with E-state index < -0.39 is 5.54 Å². The Hall–Kier alpha value is -0.870. The van der Waals surface area contributed by atoms with Crippen LogP contribution in [0.2, 0.25) is 0 Å². The van der Waals surface area contributed by atoms with Crippen LogP contribution < -0.4 is 5.73 Å². The maximum atomic E-state index is 9.34. The van der Waals surface area contributed by atoms with Crippen LogP contribution in [-0.2, 0) is 5.54 Å². The number of hydrogen-bond donors (Lipinski definition) is 2. The molecule has 0 amide bonds. The van der Waals surface area contributed by atoms with Crippen LogP contribution in [0.25, 0.3) is 0 Å². The van der Waals surface area contributed by atoms with E-state index in [9.17, 15) is 5.11 Å². The number of nitrogens with two attached hydrogens (primary N) is 1. The Labute approximate surface area is 76.8 Å². The van der Waals surface area contributed by atoms with Crippen molar-refractivity contribution >= 4 is 0 Å². The van der Waals surface area contributed by atoms with Gasteiger partial charge in [0.1, 0.15) is 5.76 Å². The van der Waals surface area contributed by atoms with Gasteiger partial charge in [-0.1, -0.05) is 0 Å². The van der Waals surface area contributed by atoms with Crippen LogP contribution >= 0.6 is 0 Å². The first-order valence-electron chi connectivity index (χ1n) is 4.57. The molecule has 0 bridgehead atoms. The molecule has 0 aliphatic heterocycles. The molecule has 1 aromatic rings. The van der Waals surface area contributed by atoms with Crippen LogP contribution in [0.15, 0.2) is 17.0 Å². The molecule has 0 atom stereocenters. The van der Waals surface area contributed by atoms with Gasteiger partial charge < -0.3 is 15.3 Å². The summed E-state index contributed by atoms with van der Waals surface area (Å²) in [6.45, 7) is 0.